The van der Waals surface area contributed by atoms with Crippen molar-refractivity contribution in [3.05, 3.63) is 34.9 Å². The summed E-state index contributed by atoms with van der Waals surface area (Å²) in [5, 5.41) is 0. The van der Waals surface area contributed by atoms with E-state index < -0.39 is 0 Å². The maximum absolute atomic E-state index is 12.7. The zero-order valence-corrected chi connectivity index (χ0v) is 17.4. The average molecular weight is 399 g/mol. The molecule has 6 heteroatoms. The van der Waals surface area contributed by atoms with Crippen LogP contribution in [-0.4, -0.2) is 71.9 Å². The van der Waals surface area contributed by atoms with Crippen LogP contribution in [0.1, 0.15) is 48.8 Å². The second-order valence-electron chi connectivity index (χ2n) is 8.78. The molecule has 0 bridgehead atoms. The van der Waals surface area contributed by atoms with Crippen LogP contribution in [0.5, 0.6) is 0 Å². The fourth-order valence-corrected chi connectivity index (χ4v) is 5.14. The molecule has 2 heterocycles. The lowest BCUT2D eigenvalue weighted by molar-refractivity contribution is -0.132. The molecule has 0 aromatic heterocycles. The van der Waals surface area contributed by atoms with E-state index >= 15 is 0 Å². The van der Waals surface area contributed by atoms with Gasteiger partial charge in [-0.1, -0.05) is 18.2 Å². The van der Waals surface area contributed by atoms with Crippen molar-refractivity contribution in [3.8, 4) is 0 Å². The highest BCUT2D eigenvalue weighted by Gasteiger charge is 2.29. The lowest BCUT2D eigenvalue weighted by Crippen LogP contribution is -2.55. The molecule has 3 amide bonds. The number of nitrogens with two attached hydrogens (primary N) is 1. The van der Waals surface area contributed by atoms with E-state index in [1.807, 2.05) is 0 Å². The summed E-state index contributed by atoms with van der Waals surface area (Å²) in [6.45, 7) is 4.91. The Morgan fingerprint density at radius 3 is 2.28 bits per heavy atom. The number of likely N-dealkylation sites (tertiary alicyclic amines) is 1. The molecule has 2 aliphatic heterocycles. The Morgan fingerprint density at radius 1 is 0.897 bits per heavy atom. The summed E-state index contributed by atoms with van der Waals surface area (Å²) < 4.78 is 0. The molecule has 3 aliphatic rings. The van der Waals surface area contributed by atoms with Crippen LogP contribution in [0.25, 0.3) is 0 Å². The monoisotopic (exact) mass is 398 g/mol. The van der Waals surface area contributed by atoms with E-state index in [9.17, 15) is 9.59 Å². The first-order valence-electron chi connectivity index (χ1n) is 11.3. The maximum Gasteiger partial charge on any atom is 0.314 e. The molecule has 1 aromatic rings. The molecule has 2 saturated heterocycles. The number of piperazine rings is 1. The fourth-order valence-electron chi connectivity index (χ4n) is 5.14. The number of amides is 3. The third kappa shape index (κ3) is 4.92. The van der Waals surface area contributed by atoms with Crippen molar-refractivity contribution >= 4 is 11.9 Å². The molecular formula is C23H34N4O2. The van der Waals surface area contributed by atoms with Gasteiger partial charge in [0.1, 0.15) is 0 Å². The minimum atomic E-state index is -0.316. The molecule has 1 aromatic carbocycles. The van der Waals surface area contributed by atoms with Crippen LogP contribution in [0.3, 0.4) is 0 Å². The third-order valence-corrected chi connectivity index (χ3v) is 7.00. The van der Waals surface area contributed by atoms with Gasteiger partial charge in [0.25, 0.3) is 0 Å². The fraction of sp³-hybridized carbons (Fsp3) is 0.652. The first-order chi connectivity index (χ1) is 14.1. The number of urea groups is 1. The van der Waals surface area contributed by atoms with E-state index in [0.717, 1.165) is 58.5 Å². The molecule has 0 unspecified atom stereocenters. The Bertz CT molecular complexity index is 734. The van der Waals surface area contributed by atoms with Gasteiger partial charge in [-0.25, -0.2) is 4.79 Å². The molecular weight excluding hydrogens is 364 g/mol. The molecule has 1 aliphatic carbocycles. The smallest absolute Gasteiger partial charge is 0.314 e. The van der Waals surface area contributed by atoms with Gasteiger partial charge in [0.05, 0.1) is 0 Å². The van der Waals surface area contributed by atoms with Crippen molar-refractivity contribution in [3.63, 3.8) is 0 Å². The van der Waals surface area contributed by atoms with E-state index in [4.69, 9.17) is 5.73 Å². The van der Waals surface area contributed by atoms with E-state index in [1.54, 1.807) is 4.90 Å². The number of piperidine rings is 1. The topological polar surface area (TPSA) is 69.9 Å². The van der Waals surface area contributed by atoms with Crippen molar-refractivity contribution < 1.29 is 9.59 Å². The first kappa shape index (κ1) is 20.2. The second-order valence-corrected chi connectivity index (χ2v) is 8.78. The van der Waals surface area contributed by atoms with Crippen LogP contribution in [0, 0.1) is 0 Å². The second kappa shape index (κ2) is 9.16. The average Bonchev–Trinajstić information content (AvgIpc) is 2.77. The zero-order chi connectivity index (χ0) is 20.2. The van der Waals surface area contributed by atoms with Crippen LogP contribution in [0.4, 0.5) is 4.79 Å². The standard InChI is InChI=1S/C23H34N4O2/c24-23(29)27-15-13-25(14-16-27)21-9-11-26(12-10-21)22(28)8-6-18-5-7-19-3-1-2-4-20(19)17-18/h5,7,17,21H,1-4,6,8-16H2,(H2,24,29). The van der Waals surface area contributed by atoms with Crippen molar-refractivity contribution in [1.82, 2.24) is 14.7 Å². The highest BCUT2D eigenvalue weighted by atomic mass is 16.2. The number of hydrogen-bond acceptors (Lipinski definition) is 3. The van der Waals surface area contributed by atoms with Gasteiger partial charge in [-0.05, 0) is 61.6 Å². The van der Waals surface area contributed by atoms with Crippen molar-refractivity contribution in [2.45, 2.75) is 57.4 Å². The van der Waals surface area contributed by atoms with Gasteiger partial charge in [0.2, 0.25) is 5.91 Å². The summed E-state index contributed by atoms with van der Waals surface area (Å²) in [7, 11) is 0. The number of nitrogens with zero attached hydrogens (tertiary/aromatic N) is 3. The molecule has 4 rings (SSSR count). The molecule has 2 N–H and O–H groups in total. The van der Waals surface area contributed by atoms with Gasteiger partial charge in [-0.3, -0.25) is 9.69 Å². The summed E-state index contributed by atoms with van der Waals surface area (Å²) in [4.78, 5) is 30.2. The Labute approximate surface area is 174 Å². The first-order valence-corrected chi connectivity index (χ1v) is 11.3. The van der Waals surface area contributed by atoms with Crippen molar-refractivity contribution in [2.24, 2.45) is 5.73 Å². The number of benzene rings is 1. The van der Waals surface area contributed by atoms with Crippen molar-refractivity contribution in [2.75, 3.05) is 39.3 Å². The minimum absolute atomic E-state index is 0.291. The molecule has 0 atom stereocenters. The normalized spacial score (nSPS) is 21.1. The van der Waals surface area contributed by atoms with Gasteiger partial charge in [0.15, 0.2) is 0 Å². The molecule has 0 saturated carbocycles. The van der Waals surface area contributed by atoms with Crippen LogP contribution < -0.4 is 5.73 Å². The third-order valence-electron chi connectivity index (χ3n) is 7.00. The maximum atomic E-state index is 12.7. The van der Waals surface area contributed by atoms with Gasteiger partial charge in [-0.15, -0.1) is 0 Å². The van der Waals surface area contributed by atoms with Gasteiger partial charge >= 0.3 is 6.03 Å². The summed E-state index contributed by atoms with van der Waals surface area (Å²) in [6, 6.07) is 7.03. The molecule has 158 valence electrons. The lowest BCUT2D eigenvalue weighted by Gasteiger charge is -2.42. The summed E-state index contributed by atoms with van der Waals surface area (Å²) in [6.07, 6.45) is 8.52. The van der Waals surface area contributed by atoms with E-state index in [-0.39, 0.29) is 6.03 Å². The van der Waals surface area contributed by atoms with E-state index in [0.29, 0.717) is 18.4 Å². The largest absolute Gasteiger partial charge is 0.351 e. The number of rotatable bonds is 4. The lowest BCUT2D eigenvalue weighted by atomic mass is 9.89. The Balaban J connectivity index is 1.21. The Hall–Kier alpha value is -2.08. The highest BCUT2D eigenvalue weighted by Crippen LogP contribution is 2.23. The summed E-state index contributed by atoms with van der Waals surface area (Å²) in [5.74, 6) is 0.291. The Kier molecular flexibility index (Phi) is 6.38. The number of aryl methyl sites for hydroxylation is 3. The zero-order valence-electron chi connectivity index (χ0n) is 17.4. The molecule has 2 fully saturated rings. The molecule has 29 heavy (non-hydrogen) atoms. The number of carbonyl (C=O) groups excluding carboxylic acids is 2. The van der Waals surface area contributed by atoms with Crippen LogP contribution in [0.2, 0.25) is 0 Å². The molecule has 0 spiro atoms. The van der Waals surface area contributed by atoms with Crippen LogP contribution >= 0.6 is 0 Å². The van der Waals surface area contributed by atoms with Crippen LogP contribution in [-0.2, 0) is 24.1 Å². The number of fused-ring (bicyclic) bond motifs is 1. The van der Waals surface area contributed by atoms with E-state index in [1.165, 1.54) is 42.4 Å². The van der Waals surface area contributed by atoms with Gasteiger partial charge in [-0.2, -0.15) is 0 Å². The van der Waals surface area contributed by atoms with Crippen LogP contribution in [0.15, 0.2) is 18.2 Å². The number of carbonyl (C=O) groups is 2. The minimum Gasteiger partial charge on any atom is -0.351 e. The molecule has 0 radical (unpaired) electrons. The van der Waals surface area contributed by atoms with Crippen molar-refractivity contribution in [1.29, 1.82) is 0 Å². The van der Waals surface area contributed by atoms with Gasteiger partial charge < -0.3 is 15.5 Å². The quantitative estimate of drug-likeness (QED) is 0.845. The summed E-state index contributed by atoms with van der Waals surface area (Å²) >= 11 is 0. The number of primary amides is 1. The Morgan fingerprint density at radius 2 is 1.59 bits per heavy atom. The predicted molar refractivity (Wildman–Crippen MR) is 114 cm³/mol. The predicted octanol–water partition coefficient (Wildman–Crippen LogP) is 2.19. The number of hydrogen-bond donors (Lipinski definition) is 1. The SMILES string of the molecule is NC(=O)N1CCN(C2CCN(C(=O)CCc3ccc4c(c3)CCCC4)CC2)CC1. The van der Waals surface area contributed by atoms with E-state index in [2.05, 4.69) is 28.0 Å². The summed E-state index contributed by atoms with van der Waals surface area (Å²) in [5.41, 5.74) is 9.68. The highest BCUT2D eigenvalue weighted by molar-refractivity contribution is 5.76. The molecule has 6 nitrogen and oxygen atoms in total. The van der Waals surface area contributed by atoms with Gasteiger partial charge in [0, 0.05) is 51.7 Å².